The molecule has 1 amide bonds. The maximum Gasteiger partial charge on any atom is 0.250 e. The highest BCUT2D eigenvalue weighted by atomic mass is 16.5. The number of para-hydroxylation sites is 1. The van der Waals surface area contributed by atoms with E-state index in [0.29, 0.717) is 24.3 Å². The molecule has 0 aliphatic carbocycles. The van der Waals surface area contributed by atoms with E-state index in [1.165, 1.54) is 7.11 Å². The van der Waals surface area contributed by atoms with E-state index in [4.69, 9.17) is 9.47 Å². The summed E-state index contributed by atoms with van der Waals surface area (Å²) in [5.41, 5.74) is 0.652. The van der Waals surface area contributed by atoms with Crippen LogP contribution in [-0.2, 0) is 9.53 Å². The Labute approximate surface area is 112 Å². The molecule has 0 spiro atoms. The molecular weight excluding hydrogens is 244 g/mol. The number of ether oxygens (including phenoxy) is 2. The average Bonchev–Trinajstić information content (AvgIpc) is 2.98. The van der Waals surface area contributed by atoms with E-state index >= 15 is 0 Å². The zero-order chi connectivity index (χ0) is 13.7. The Morgan fingerprint density at radius 1 is 1.58 bits per heavy atom. The lowest BCUT2D eigenvalue weighted by atomic mass is 10.1. The zero-order valence-electron chi connectivity index (χ0n) is 10.8. The predicted octanol–water partition coefficient (Wildman–Crippen LogP) is 1.56. The third kappa shape index (κ3) is 3.04. The van der Waals surface area contributed by atoms with Gasteiger partial charge >= 0.3 is 0 Å². The minimum absolute atomic E-state index is 0.241. The third-order valence-corrected chi connectivity index (χ3v) is 3.09. The summed E-state index contributed by atoms with van der Waals surface area (Å²) in [4.78, 5) is 12.0. The molecule has 1 fully saturated rings. The van der Waals surface area contributed by atoms with Gasteiger partial charge in [0.25, 0.3) is 0 Å². The van der Waals surface area contributed by atoms with Crippen LogP contribution in [0.1, 0.15) is 24.4 Å². The van der Waals surface area contributed by atoms with Gasteiger partial charge in [-0.05, 0) is 18.9 Å². The molecule has 1 heterocycles. The zero-order valence-corrected chi connectivity index (χ0v) is 10.8. The number of benzene rings is 1. The lowest BCUT2D eigenvalue weighted by molar-refractivity contribution is -0.130. The van der Waals surface area contributed by atoms with Crippen molar-refractivity contribution in [2.75, 3.05) is 13.7 Å². The quantitative estimate of drug-likeness (QED) is 0.891. The van der Waals surface area contributed by atoms with E-state index in [0.717, 1.165) is 6.42 Å². The summed E-state index contributed by atoms with van der Waals surface area (Å²) >= 11 is 0. The van der Waals surface area contributed by atoms with Gasteiger partial charge in [0.15, 0.2) is 0 Å². The van der Waals surface area contributed by atoms with Gasteiger partial charge in [0.05, 0.1) is 13.2 Å². The number of carbonyl (C=O) groups excluding carboxylic acids is 1. The van der Waals surface area contributed by atoms with Crippen LogP contribution in [0.2, 0.25) is 0 Å². The van der Waals surface area contributed by atoms with Gasteiger partial charge < -0.3 is 14.8 Å². The van der Waals surface area contributed by atoms with Gasteiger partial charge in [-0.1, -0.05) is 18.2 Å². The fraction of sp³-hybridized carbons (Fsp3) is 0.429. The first-order valence-electron chi connectivity index (χ1n) is 6.20. The van der Waals surface area contributed by atoms with E-state index in [1.54, 1.807) is 18.2 Å². The molecule has 100 valence electrons. The van der Waals surface area contributed by atoms with Gasteiger partial charge in [-0.3, -0.25) is 4.79 Å². The van der Waals surface area contributed by atoms with Crippen LogP contribution in [0.25, 0.3) is 0 Å². The van der Waals surface area contributed by atoms with Gasteiger partial charge in [0, 0.05) is 12.2 Å². The van der Waals surface area contributed by atoms with E-state index in [9.17, 15) is 10.1 Å². The average molecular weight is 260 g/mol. The van der Waals surface area contributed by atoms with Crippen molar-refractivity contribution >= 4 is 5.91 Å². The molecule has 5 nitrogen and oxygen atoms in total. The second kappa shape index (κ2) is 6.21. The van der Waals surface area contributed by atoms with Crippen LogP contribution in [0.5, 0.6) is 5.75 Å². The number of nitriles is 1. The minimum Gasteiger partial charge on any atom is -0.496 e. The third-order valence-electron chi connectivity index (χ3n) is 3.09. The van der Waals surface area contributed by atoms with Gasteiger partial charge in [-0.25, -0.2) is 0 Å². The second-order valence-electron chi connectivity index (χ2n) is 4.31. The van der Waals surface area contributed by atoms with Crippen molar-refractivity contribution in [2.45, 2.75) is 25.0 Å². The molecule has 1 aliphatic heterocycles. The Kier molecular flexibility index (Phi) is 4.37. The van der Waals surface area contributed by atoms with E-state index < -0.39 is 12.1 Å². The smallest absolute Gasteiger partial charge is 0.250 e. The second-order valence-corrected chi connectivity index (χ2v) is 4.31. The summed E-state index contributed by atoms with van der Waals surface area (Å²) in [5, 5.41) is 11.9. The Balaban J connectivity index is 2.11. The fourth-order valence-corrected chi connectivity index (χ4v) is 2.10. The van der Waals surface area contributed by atoms with Crippen LogP contribution in [0, 0.1) is 11.3 Å². The summed E-state index contributed by atoms with van der Waals surface area (Å²) in [5.74, 6) is 0.344. The molecule has 0 radical (unpaired) electrons. The van der Waals surface area contributed by atoms with E-state index in [2.05, 4.69) is 11.4 Å². The fourth-order valence-electron chi connectivity index (χ4n) is 2.10. The van der Waals surface area contributed by atoms with Crippen molar-refractivity contribution in [3.8, 4) is 11.8 Å². The van der Waals surface area contributed by atoms with Gasteiger partial charge in [0.2, 0.25) is 5.91 Å². The molecule has 19 heavy (non-hydrogen) atoms. The topological polar surface area (TPSA) is 71.3 Å². The number of hydrogen-bond acceptors (Lipinski definition) is 4. The molecule has 1 N–H and O–H groups in total. The van der Waals surface area contributed by atoms with Crippen LogP contribution in [0.15, 0.2) is 24.3 Å². The molecule has 0 saturated carbocycles. The molecule has 1 saturated heterocycles. The minimum atomic E-state index is -0.729. The lowest BCUT2D eigenvalue weighted by Crippen LogP contribution is -2.36. The Morgan fingerprint density at radius 2 is 2.37 bits per heavy atom. The highest BCUT2D eigenvalue weighted by Gasteiger charge is 2.26. The monoisotopic (exact) mass is 260 g/mol. The van der Waals surface area contributed by atoms with Gasteiger partial charge in [-0.2, -0.15) is 5.26 Å². The van der Waals surface area contributed by atoms with Crippen LogP contribution in [0.3, 0.4) is 0 Å². The van der Waals surface area contributed by atoms with Gasteiger partial charge in [0.1, 0.15) is 17.9 Å². The maximum atomic E-state index is 12.0. The first kappa shape index (κ1) is 13.4. The molecule has 2 unspecified atom stereocenters. The molecule has 5 heteroatoms. The molecule has 0 bridgehead atoms. The van der Waals surface area contributed by atoms with Crippen molar-refractivity contribution in [3.05, 3.63) is 29.8 Å². The first-order chi connectivity index (χ1) is 9.26. The van der Waals surface area contributed by atoms with Crippen molar-refractivity contribution in [1.29, 1.82) is 5.26 Å². The summed E-state index contributed by atoms with van der Waals surface area (Å²) in [6, 6.07) is 8.50. The number of methoxy groups -OCH3 is 1. The molecule has 1 aromatic rings. The summed E-state index contributed by atoms with van der Waals surface area (Å²) in [6.45, 7) is 0.601. The van der Waals surface area contributed by atoms with Crippen LogP contribution >= 0.6 is 0 Å². The van der Waals surface area contributed by atoms with Gasteiger partial charge in [-0.15, -0.1) is 0 Å². The largest absolute Gasteiger partial charge is 0.496 e. The van der Waals surface area contributed by atoms with Crippen molar-refractivity contribution in [2.24, 2.45) is 0 Å². The highest BCUT2D eigenvalue weighted by Crippen LogP contribution is 2.24. The highest BCUT2D eigenvalue weighted by molar-refractivity contribution is 5.81. The van der Waals surface area contributed by atoms with Crippen LogP contribution < -0.4 is 10.1 Å². The Morgan fingerprint density at radius 3 is 3.00 bits per heavy atom. The SMILES string of the molecule is COc1ccccc1C(C#N)NC(=O)C1CCCO1. The van der Waals surface area contributed by atoms with E-state index in [-0.39, 0.29) is 5.91 Å². The normalized spacial score (nSPS) is 19.5. The molecular formula is C14H16N2O3. The first-order valence-corrected chi connectivity index (χ1v) is 6.20. The standard InChI is InChI=1S/C14H16N2O3/c1-18-12-6-3-2-5-10(12)11(9-15)16-14(17)13-7-4-8-19-13/h2-3,5-6,11,13H,4,7-8H2,1H3,(H,16,17). The van der Waals surface area contributed by atoms with Crippen molar-refractivity contribution in [1.82, 2.24) is 5.32 Å². The van der Waals surface area contributed by atoms with Crippen molar-refractivity contribution in [3.63, 3.8) is 0 Å². The number of nitrogens with one attached hydrogen (secondary N) is 1. The summed E-state index contributed by atoms with van der Waals surface area (Å²) in [6.07, 6.45) is 1.14. The number of nitrogens with zero attached hydrogens (tertiary/aromatic N) is 1. The van der Waals surface area contributed by atoms with E-state index in [1.807, 2.05) is 6.07 Å². The Bertz CT molecular complexity index is 490. The number of rotatable bonds is 4. The summed E-state index contributed by atoms with van der Waals surface area (Å²) < 4.78 is 10.5. The maximum absolute atomic E-state index is 12.0. The van der Waals surface area contributed by atoms with Crippen LogP contribution in [0.4, 0.5) is 0 Å². The molecule has 2 rings (SSSR count). The summed E-state index contributed by atoms with van der Waals surface area (Å²) in [7, 11) is 1.54. The molecule has 1 aromatic carbocycles. The lowest BCUT2D eigenvalue weighted by Gasteiger charge is -2.17. The van der Waals surface area contributed by atoms with Crippen LogP contribution in [-0.4, -0.2) is 25.7 Å². The predicted molar refractivity (Wildman–Crippen MR) is 68.5 cm³/mol. The number of carbonyl (C=O) groups is 1. The molecule has 1 aliphatic rings. The molecule has 0 aromatic heterocycles. The van der Waals surface area contributed by atoms with Crippen molar-refractivity contribution < 1.29 is 14.3 Å². The number of hydrogen-bond donors (Lipinski definition) is 1. The Hall–Kier alpha value is -2.06. The number of amides is 1. The molecule has 2 atom stereocenters.